The number of nitrogens with one attached hydrogen (secondary N) is 1. The van der Waals surface area contributed by atoms with Crippen molar-refractivity contribution in [1.29, 1.82) is 0 Å². The molecule has 1 unspecified atom stereocenters. The summed E-state index contributed by atoms with van der Waals surface area (Å²) in [7, 11) is 1.96. The Morgan fingerprint density at radius 1 is 1.47 bits per heavy atom. The van der Waals surface area contributed by atoms with Gasteiger partial charge in [0.2, 0.25) is 0 Å². The van der Waals surface area contributed by atoms with Crippen LogP contribution in [-0.2, 0) is 0 Å². The molecule has 15 heavy (non-hydrogen) atoms. The maximum Gasteiger partial charge on any atom is 0.120 e. The van der Waals surface area contributed by atoms with Gasteiger partial charge in [0.25, 0.3) is 0 Å². The molecule has 0 aromatic heterocycles. The van der Waals surface area contributed by atoms with Gasteiger partial charge in [-0.05, 0) is 31.7 Å². The molecule has 0 aliphatic heterocycles. The van der Waals surface area contributed by atoms with Crippen molar-refractivity contribution in [1.82, 2.24) is 5.32 Å². The second-order valence-corrected chi connectivity index (χ2v) is 3.98. The smallest absolute Gasteiger partial charge is 0.120 e. The monoisotopic (exact) mass is 227 g/mol. The Balaban J connectivity index is 2.41. The highest BCUT2D eigenvalue weighted by Crippen LogP contribution is 2.17. The fourth-order valence-electron chi connectivity index (χ4n) is 1.41. The van der Waals surface area contributed by atoms with E-state index in [2.05, 4.69) is 12.2 Å². The first-order chi connectivity index (χ1) is 7.26. The van der Waals surface area contributed by atoms with Crippen molar-refractivity contribution in [2.45, 2.75) is 25.8 Å². The number of ether oxygens (including phenoxy) is 1. The zero-order valence-corrected chi connectivity index (χ0v) is 10.1. The van der Waals surface area contributed by atoms with E-state index in [-0.39, 0.29) is 0 Å². The van der Waals surface area contributed by atoms with Crippen LogP contribution >= 0.6 is 11.6 Å². The van der Waals surface area contributed by atoms with Gasteiger partial charge in [-0.1, -0.05) is 31.0 Å². The normalized spacial score (nSPS) is 12.5. The number of halogens is 1. The first-order valence-corrected chi connectivity index (χ1v) is 5.69. The zero-order chi connectivity index (χ0) is 11.1. The van der Waals surface area contributed by atoms with Gasteiger partial charge in [0.1, 0.15) is 12.4 Å². The lowest BCUT2D eigenvalue weighted by Crippen LogP contribution is -2.31. The molecule has 1 N–H and O–H groups in total. The third-order valence-electron chi connectivity index (χ3n) is 2.29. The molecule has 1 rings (SSSR count). The second-order valence-electron chi connectivity index (χ2n) is 3.54. The van der Waals surface area contributed by atoms with E-state index in [1.54, 1.807) is 0 Å². The number of hydrogen-bond donors (Lipinski definition) is 1. The first kappa shape index (κ1) is 12.3. The Morgan fingerprint density at radius 3 is 2.87 bits per heavy atom. The lowest BCUT2D eigenvalue weighted by atomic mass is 10.2. The van der Waals surface area contributed by atoms with Crippen LogP contribution in [-0.4, -0.2) is 19.7 Å². The lowest BCUT2D eigenvalue weighted by Gasteiger charge is -2.16. The van der Waals surface area contributed by atoms with Crippen LogP contribution < -0.4 is 10.1 Å². The largest absolute Gasteiger partial charge is 0.492 e. The summed E-state index contributed by atoms with van der Waals surface area (Å²) in [6.45, 7) is 2.86. The highest BCUT2D eigenvalue weighted by molar-refractivity contribution is 6.30. The summed E-state index contributed by atoms with van der Waals surface area (Å²) in [5, 5.41) is 3.94. The van der Waals surface area contributed by atoms with E-state index in [1.807, 2.05) is 31.3 Å². The number of rotatable bonds is 6. The molecule has 1 atom stereocenters. The summed E-state index contributed by atoms with van der Waals surface area (Å²) in [6, 6.07) is 7.90. The molecule has 0 fully saturated rings. The molecule has 0 saturated carbocycles. The minimum Gasteiger partial charge on any atom is -0.492 e. The predicted octanol–water partition coefficient (Wildman–Crippen LogP) is 3.11. The quantitative estimate of drug-likeness (QED) is 0.807. The molecule has 0 aliphatic carbocycles. The molecule has 0 saturated heterocycles. The predicted molar refractivity (Wildman–Crippen MR) is 64.7 cm³/mol. The van der Waals surface area contributed by atoms with Gasteiger partial charge in [-0.25, -0.2) is 0 Å². The molecule has 3 heteroatoms. The maximum atomic E-state index is 5.86. The van der Waals surface area contributed by atoms with Crippen LogP contribution in [0.25, 0.3) is 0 Å². The minimum absolute atomic E-state index is 0.411. The van der Waals surface area contributed by atoms with Crippen LogP contribution in [0, 0.1) is 0 Å². The molecule has 0 aliphatic rings. The van der Waals surface area contributed by atoms with Gasteiger partial charge >= 0.3 is 0 Å². The number of hydrogen-bond acceptors (Lipinski definition) is 2. The maximum absolute atomic E-state index is 5.86. The molecule has 2 nitrogen and oxygen atoms in total. The Morgan fingerprint density at radius 2 is 2.27 bits per heavy atom. The summed E-state index contributed by atoms with van der Waals surface area (Å²) >= 11 is 5.86. The van der Waals surface area contributed by atoms with E-state index < -0.39 is 0 Å². The Labute approximate surface area is 96.6 Å². The van der Waals surface area contributed by atoms with Gasteiger partial charge in [0, 0.05) is 11.1 Å². The van der Waals surface area contributed by atoms with Gasteiger partial charge in [-0.2, -0.15) is 0 Å². The second kappa shape index (κ2) is 6.70. The van der Waals surface area contributed by atoms with E-state index in [0.29, 0.717) is 17.7 Å². The van der Waals surface area contributed by atoms with Gasteiger partial charge in [-0.3, -0.25) is 0 Å². The van der Waals surface area contributed by atoms with Crippen molar-refractivity contribution in [2.24, 2.45) is 0 Å². The third kappa shape index (κ3) is 4.54. The highest BCUT2D eigenvalue weighted by atomic mass is 35.5. The molecule has 0 bridgehead atoms. The molecule has 0 spiro atoms. The third-order valence-corrected chi connectivity index (χ3v) is 2.53. The molecule has 84 valence electrons. The molecule has 0 amide bonds. The molecule has 1 aromatic carbocycles. The number of likely N-dealkylation sites (N-methyl/N-ethyl adjacent to an activating group) is 1. The summed E-state index contributed by atoms with van der Waals surface area (Å²) in [6.07, 6.45) is 2.28. The fourth-order valence-corrected chi connectivity index (χ4v) is 1.59. The van der Waals surface area contributed by atoms with Gasteiger partial charge in [0.15, 0.2) is 0 Å². The average Bonchev–Trinajstić information content (AvgIpc) is 2.24. The van der Waals surface area contributed by atoms with E-state index in [9.17, 15) is 0 Å². The minimum atomic E-state index is 0.411. The van der Waals surface area contributed by atoms with Crippen LogP contribution in [0.15, 0.2) is 24.3 Å². The molecular weight excluding hydrogens is 210 g/mol. The van der Waals surface area contributed by atoms with E-state index >= 15 is 0 Å². The van der Waals surface area contributed by atoms with Gasteiger partial charge < -0.3 is 10.1 Å². The standard InChI is InChI=1S/C12H18ClNO/c1-3-5-11(14-2)9-15-12-7-4-6-10(13)8-12/h4,6-8,11,14H,3,5,9H2,1-2H3. The van der Waals surface area contributed by atoms with E-state index in [1.165, 1.54) is 0 Å². The van der Waals surface area contributed by atoms with E-state index in [4.69, 9.17) is 16.3 Å². The van der Waals surface area contributed by atoms with Crippen molar-refractivity contribution in [3.05, 3.63) is 29.3 Å². The SMILES string of the molecule is CCCC(COc1cccc(Cl)c1)NC. The summed E-state index contributed by atoms with van der Waals surface area (Å²) < 4.78 is 5.65. The zero-order valence-electron chi connectivity index (χ0n) is 9.29. The first-order valence-electron chi connectivity index (χ1n) is 5.32. The Kier molecular flexibility index (Phi) is 5.51. The topological polar surface area (TPSA) is 21.3 Å². The van der Waals surface area contributed by atoms with Crippen LogP contribution in [0.1, 0.15) is 19.8 Å². The highest BCUT2D eigenvalue weighted by Gasteiger charge is 2.05. The molecular formula is C12H18ClNO. The fraction of sp³-hybridized carbons (Fsp3) is 0.500. The van der Waals surface area contributed by atoms with Gasteiger partial charge in [0.05, 0.1) is 0 Å². The summed E-state index contributed by atoms with van der Waals surface area (Å²) in [4.78, 5) is 0. The Hall–Kier alpha value is -0.730. The van der Waals surface area contributed by atoms with E-state index in [0.717, 1.165) is 18.6 Å². The number of benzene rings is 1. The average molecular weight is 228 g/mol. The lowest BCUT2D eigenvalue weighted by molar-refractivity contribution is 0.263. The summed E-state index contributed by atoms with van der Waals surface area (Å²) in [5.74, 6) is 0.832. The van der Waals surface area contributed by atoms with Crippen LogP contribution in [0.3, 0.4) is 0 Å². The molecule has 0 radical (unpaired) electrons. The van der Waals surface area contributed by atoms with Crippen LogP contribution in [0.4, 0.5) is 0 Å². The van der Waals surface area contributed by atoms with Crippen molar-refractivity contribution < 1.29 is 4.74 Å². The van der Waals surface area contributed by atoms with Crippen molar-refractivity contribution >= 4 is 11.6 Å². The van der Waals surface area contributed by atoms with Gasteiger partial charge in [-0.15, -0.1) is 0 Å². The van der Waals surface area contributed by atoms with Crippen molar-refractivity contribution in [2.75, 3.05) is 13.7 Å². The van der Waals surface area contributed by atoms with Crippen LogP contribution in [0.2, 0.25) is 5.02 Å². The molecule has 1 aromatic rings. The van der Waals surface area contributed by atoms with Crippen molar-refractivity contribution in [3.8, 4) is 5.75 Å². The Bertz CT molecular complexity index is 291. The summed E-state index contributed by atoms with van der Waals surface area (Å²) in [5.41, 5.74) is 0. The van der Waals surface area contributed by atoms with Crippen molar-refractivity contribution in [3.63, 3.8) is 0 Å². The molecule has 0 heterocycles. The van der Waals surface area contributed by atoms with Crippen LogP contribution in [0.5, 0.6) is 5.75 Å².